The molecule has 0 aliphatic carbocycles. The third kappa shape index (κ3) is 7.87. The number of nitrogens with zero attached hydrogens (tertiary/aromatic N) is 5. The van der Waals surface area contributed by atoms with Crippen molar-refractivity contribution < 1.29 is 22.7 Å². The number of ether oxygens (including phenoxy) is 1. The maximum atomic E-state index is 12.9. The number of hydrogen-bond acceptors (Lipinski definition) is 11. The Labute approximate surface area is 234 Å². The van der Waals surface area contributed by atoms with Crippen LogP contribution in [0.15, 0.2) is 11.3 Å². The molecule has 2 aliphatic heterocycles. The van der Waals surface area contributed by atoms with E-state index < -0.39 is 27.6 Å². The van der Waals surface area contributed by atoms with Crippen molar-refractivity contribution in [3.8, 4) is 0 Å². The monoisotopic (exact) mass is 577 g/mol. The third-order valence-electron chi connectivity index (χ3n) is 6.50. The second-order valence-electron chi connectivity index (χ2n) is 11.1. The molecule has 1 fully saturated rings. The molecule has 4 rings (SSSR count). The summed E-state index contributed by atoms with van der Waals surface area (Å²) in [5, 5.41) is 6.00. The normalized spacial score (nSPS) is 17.7. The largest absolute Gasteiger partial charge is 0.459 e. The summed E-state index contributed by atoms with van der Waals surface area (Å²) in [5.41, 5.74) is 0.197. The number of sulfonamides is 1. The zero-order valence-corrected chi connectivity index (χ0v) is 24.3. The molecule has 0 aromatic carbocycles. The Kier molecular flexibility index (Phi) is 9.23. The van der Waals surface area contributed by atoms with Gasteiger partial charge in [-0.05, 0) is 46.5 Å². The van der Waals surface area contributed by atoms with Crippen molar-refractivity contribution in [1.82, 2.24) is 35.3 Å². The number of anilines is 1. The molecule has 0 spiro atoms. The number of imidazole rings is 1. The number of fused-ring (bicyclic) bond motifs is 1. The van der Waals surface area contributed by atoms with Crippen LogP contribution >= 0.6 is 0 Å². The van der Waals surface area contributed by atoms with E-state index in [0.717, 1.165) is 13.0 Å². The van der Waals surface area contributed by atoms with E-state index in [-0.39, 0.29) is 24.0 Å². The molecule has 4 heterocycles. The highest BCUT2D eigenvalue weighted by atomic mass is 32.2. The number of carbonyl (C=O) groups is 2. The predicted octanol–water partition coefficient (Wildman–Crippen LogP) is 0.617. The van der Waals surface area contributed by atoms with Gasteiger partial charge in [0.1, 0.15) is 29.3 Å². The minimum Gasteiger partial charge on any atom is -0.459 e. The first-order chi connectivity index (χ1) is 18.9. The summed E-state index contributed by atoms with van der Waals surface area (Å²) in [7, 11) is -3.70. The SMILES string of the molecule is CCCS(=O)(=O)N[C@@H](Cc1nc2ncnc(N3CCC(C(=O)NC4=NCCCN4)CC3)c2[nH]1)C(=O)OC(C)(C)C. The molecule has 14 nitrogen and oxygen atoms in total. The van der Waals surface area contributed by atoms with Crippen molar-refractivity contribution in [3.05, 3.63) is 12.2 Å². The molecule has 0 unspecified atom stereocenters. The van der Waals surface area contributed by atoms with E-state index in [4.69, 9.17) is 4.74 Å². The van der Waals surface area contributed by atoms with Crippen LogP contribution in [-0.4, -0.2) is 89.8 Å². The maximum absolute atomic E-state index is 12.9. The molecule has 40 heavy (non-hydrogen) atoms. The summed E-state index contributed by atoms with van der Waals surface area (Å²) in [6.07, 6.45) is 4.02. The summed E-state index contributed by atoms with van der Waals surface area (Å²) in [6.45, 7) is 9.64. The van der Waals surface area contributed by atoms with Crippen LogP contribution in [0.1, 0.15) is 59.2 Å². The van der Waals surface area contributed by atoms with Crippen molar-refractivity contribution in [2.24, 2.45) is 10.9 Å². The van der Waals surface area contributed by atoms with E-state index in [1.165, 1.54) is 6.33 Å². The molecule has 220 valence electrons. The van der Waals surface area contributed by atoms with Crippen molar-refractivity contribution in [1.29, 1.82) is 0 Å². The average molecular weight is 578 g/mol. The Morgan fingerprint density at radius 1 is 1.23 bits per heavy atom. The molecule has 0 bridgehead atoms. The van der Waals surface area contributed by atoms with E-state index in [1.54, 1.807) is 27.7 Å². The Bertz CT molecular complexity index is 1340. The van der Waals surface area contributed by atoms with E-state index >= 15 is 0 Å². The van der Waals surface area contributed by atoms with Crippen molar-refractivity contribution in [3.63, 3.8) is 0 Å². The van der Waals surface area contributed by atoms with Gasteiger partial charge in [-0.2, -0.15) is 0 Å². The smallest absolute Gasteiger partial charge is 0.325 e. The highest BCUT2D eigenvalue weighted by Crippen LogP contribution is 2.27. The highest BCUT2D eigenvalue weighted by molar-refractivity contribution is 7.89. The van der Waals surface area contributed by atoms with Gasteiger partial charge in [0.05, 0.1) is 5.75 Å². The number of amides is 1. The van der Waals surface area contributed by atoms with Gasteiger partial charge >= 0.3 is 5.97 Å². The summed E-state index contributed by atoms with van der Waals surface area (Å²) in [5.74, 6) is 0.589. The fourth-order valence-corrected chi connectivity index (χ4v) is 5.94. The van der Waals surface area contributed by atoms with Crippen LogP contribution < -0.4 is 20.3 Å². The van der Waals surface area contributed by atoms with Crippen LogP contribution in [0.25, 0.3) is 11.2 Å². The maximum Gasteiger partial charge on any atom is 0.325 e. The lowest BCUT2D eigenvalue weighted by Gasteiger charge is -2.32. The summed E-state index contributed by atoms with van der Waals surface area (Å²) in [4.78, 5) is 48.5. The van der Waals surface area contributed by atoms with E-state index in [9.17, 15) is 18.0 Å². The Hall–Kier alpha value is -3.33. The first kappa shape index (κ1) is 29.6. The summed E-state index contributed by atoms with van der Waals surface area (Å²) >= 11 is 0. The predicted molar refractivity (Wildman–Crippen MR) is 150 cm³/mol. The van der Waals surface area contributed by atoms with Crippen LogP contribution in [0, 0.1) is 5.92 Å². The number of aromatic nitrogens is 4. The molecular weight excluding hydrogens is 538 g/mol. The van der Waals surface area contributed by atoms with Gasteiger partial charge in [0.25, 0.3) is 0 Å². The Morgan fingerprint density at radius 3 is 2.62 bits per heavy atom. The molecular formula is C25H39N9O5S. The second-order valence-corrected chi connectivity index (χ2v) is 12.9. The quantitative estimate of drug-likeness (QED) is 0.308. The van der Waals surface area contributed by atoms with Crippen LogP contribution in [-0.2, 0) is 30.8 Å². The fraction of sp³-hybridized carbons (Fsp3) is 0.680. The first-order valence-corrected chi connectivity index (χ1v) is 15.4. The number of aromatic amines is 1. The lowest BCUT2D eigenvalue weighted by Crippen LogP contribution is -2.48. The molecule has 2 aromatic heterocycles. The van der Waals surface area contributed by atoms with Crippen molar-refractivity contribution in [2.45, 2.75) is 71.4 Å². The Morgan fingerprint density at radius 2 is 1.98 bits per heavy atom. The van der Waals surface area contributed by atoms with E-state index in [0.29, 0.717) is 67.7 Å². The molecule has 0 radical (unpaired) electrons. The molecule has 2 aliphatic rings. The molecule has 4 N–H and O–H groups in total. The number of H-pyrrole nitrogens is 1. The average Bonchev–Trinajstić information content (AvgIpc) is 3.30. The minimum atomic E-state index is -3.70. The summed E-state index contributed by atoms with van der Waals surface area (Å²) in [6, 6.07) is -1.16. The van der Waals surface area contributed by atoms with Crippen LogP contribution in [0.3, 0.4) is 0 Å². The van der Waals surface area contributed by atoms with Gasteiger partial charge in [0.2, 0.25) is 15.9 Å². The fourth-order valence-electron chi connectivity index (χ4n) is 4.67. The van der Waals surface area contributed by atoms with Crippen LogP contribution in [0.2, 0.25) is 0 Å². The van der Waals surface area contributed by atoms with Gasteiger partial charge in [-0.1, -0.05) is 6.92 Å². The van der Waals surface area contributed by atoms with Crippen LogP contribution in [0.4, 0.5) is 5.82 Å². The van der Waals surface area contributed by atoms with Crippen molar-refractivity contribution >= 4 is 44.8 Å². The molecule has 0 saturated carbocycles. The third-order valence-corrected chi connectivity index (χ3v) is 8.09. The number of aliphatic imine (C=N–C) groups is 1. The number of esters is 1. The number of rotatable bonds is 9. The second kappa shape index (κ2) is 12.5. The van der Waals surface area contributed by atoms with Gasteiger partial charge in [-0.15, -0.1) is 0 Å². The number of nitrogens with one attached hydrogen (secondary N) is 4. The van der Waals surface area contributed by atoms with Gasteiger partial charge in [-0.25, -0.2) is 28.1 Å². The zero-order chi connectivity index (χ0) is 28.9. The van der Waals surface area contributed by atoms with Gasteiger partial charge < -0.3 is 19.9 Å². The van der Waals surface area contributed by atoms with Gasteiger partial charge in [-0.3, -0.25) is 19.9 Å². The number of piperidine rings is 1. The van der Waals surface area contributed by atoms with E-state index in [2.05, 4.69) is 45.2 Å². The molecule has 2 aromatic rings. The standard InChI is InChI=1S/C25H39N9O5S/c1-5-13-40(37,38)33-17(23(36)39-25(2,3)4)14-18-30-19-20(31-18)28-15-29-21(19)34-11-7-16(8-12-34)22(35)32-24-26-9-6-10-27-24/h15-17,33H,5-14H2,1-4H3,(H2,26,27,32,35)(H,28,29,30,31)/t17-/m0/s1. The lowest BCUT2D eigenvalue weighted by atomic mass is 9.96. The van der Waals surface area contributed by atoms with E-state index in [1.807, 2.05) is 0 Å². The summed E-state index contributed by atoms with van der Waals surface area (Å²) < 4.78 is 33.0. The molecule has 1 amide bonds. The molecule has 1 atom stereocenters. The lowest BCUT2D eigenvalue weighted by molar-refractivity contribution is -0.157. The van der Waals surface area contributed by atoms with Gasteiger partial charge in [0, 0.05) is 38.5 Å². The van der Waals surface area contributed by atoms with Gasteiger partial charge in [0.15, 0.2) is 17.4 Å². The van der Waals surface area contributed by atoms with Crippen molar-refractivity contribution in [2.75, 3.05) is 36.8 Å². The molecule has 1 saturated heterocycles. The number of carbonyl (C=O) groups excluding carboxylic acids is 2. The minimum absolute atomic E-state index is 0.0387. The first-order valence-electron chi connectivity index (χ1n) is 13.7. The Balaban J connectivity index is 1.47. The number of guanidine groups is 1. The van der Waals surface area contributed by atoms with Crippen LogP contribution in [0.5, 0.6) is 0 Å². The molecule has 15 heteroatoms. The zero-order valence-electron chi connectivity index (χ0n) is 23.5. The highest BCUT2D eigenvalue weighted by Gasteiger charge is 2.31. The topological polar surface area (TPSA) is 184 Å². The number of hydrogen-bond donors (Lipinski definition) is 4.